The van der Waals surface area contributed by atoms with E-state index in [-0.39, 0.29) is 11.6 Å². The van der Waals surface area contributed by atoms with Crippen LogP contribution in [0, 0.1) is 0 Å². The van der Waals surface area contributed by atoms with Crippen LogP contribution in [0.15, 0.2) is 67.1 Å². The van der Waals surface area contributed by atoms with E-state index in [1.165, 1.54) is 6.33 Å². The molecule has 0 spiro atoms. The van der Waals surface area contributed by atoms with E-state index in [0.717, 1.165) is 10.8 Å². The van der Waals surface area contributed by atoms with Crippen molar-refractivity contribution in [2.24, 2.45) is 0 Å². The third-order valence-electron chi connectivity index (χ3n) is 3.79. The molecule has 2 aromatic heterocycles. The molecule has 0 saturated carbocycles. The second-order valence-electron chi connectivity index (χ2n) is 5.52. The largest absolute Gasteiger partial charge is 0.437 e. The van der Waals surface area contributed by atoms with E-state index in [2.05, 4.69) is 20.3 Å². The monoisotopic (exact) mass is 363 g/mol. The van der Waals surface area contributed by atoms with E-state index in [1.807, 2.05) is 42.5 Å². The molecule has 128 valence electrons. The Morgan fingerprint density at radius 2 is 1.77 bits per heavy atom. The zero-order chi connectivity index (χ0) is 17.9. The molecule has 6 nitrogen and oxygen atoms in total. The summed E-state index contributed by atoms with van der Waals surface area (Å²) in [6, 6.07) is 17.4. The molecule has 4 rings (SSSR count). The van der Waals surface area contributed by atoms with Crippen LogP contribution < -0.4 is 15.8 Å². The Kier molecular flexibility index (Phi) is 4.25. The van der Waals surface area contributed by atoms with Crippen LogP contribution in [-0.4, -0.2) is 15.0 Å². The third kappa shape index (κ3) is 3.22. The first-order valence-corrected chi connectivity index (χ1v) is 8.23. The lowest BCUT2D eigenvalue weighted by Gasteiger charge is -2.12. The Hall–Kier alpha value is -3.38. The lowest BCUT2D eigenvalue weighted by atomic mass is 10.1. The normalized spacial score (nSPS) is 10.7. The van der Waals surface area contributed by atoms with Crippen molar-refractivity contribution in [3.05, 3.63) is 72.3 Å². The van der Waals surface area contributed by atoms with Crippen LogP contribution in [0.2, 0.25) is 5.15 Å². The van der Waals surface area contributed by atoms with Crippen LogP contribution in [0.1, 0.15) is 0 Å². The highest BCUT2D eigenvalue weighted by Crippen LogP contribution is 2.33. The maximum absolute atomic E-state index is 6.17. The molecule has 0 amide bonds. The third-order valence-corrected chi connectivity index (χ3v) is 4.10. The fourth-order valence-electron chi connectivity index (χ4n) is 2.51. The average Bonchev–Trinajstić information content (AvgIpc) is 2.66. The van der Waals surface area contributed by atoms with Crippen molar-refractivity contribution >= 4 is 39.6 Å². The highest BCUT2D eigenvalue weighted by molar-refractivity contribution is 6.32. The van der Waals surface area contributed by atoms with Crippen molar-refractivity contribution < 1.29 is 4.74 Å². The number of nitrogens with one attached hydrogen (secondary N) is 1. The van der Waals surface area contributed by atoms with Crippen molar-refractivity contribution in [3.8, 4) is 11.6 Å². The van der Waals surface area contributed by atoms with Crippen LogP contribution in [0.4, 0.5) is 17.2 Å². The SMILES string of the molecule is Nc1c(Nc2cccnc2Cl)ncnc1Oc1ccc2ccccc2c1. The van der Waals surface area contributed by atoms with E-state index in [1.54, 1.807) is 18.3 Å². The van der Waals surface area contributed by atoms with Crippen LogP contribution >= 0.6 is 11.6 Å². The second-order valence-corrected chi connectivity index (χ2v) is 5.88. The number of halogens is 1. The van der Waals surface area contributed by atoms with Gasteiger partial charge in [0.15, 0.2) is 11.0 Å². The number of aromatic nitrogens is 3. The van der Waals surface area contributed by atoms with Crippen molar-refractivity contribution in [1.82, 2.24) is 15.0 Å². The summed E-state index contributed by atoms with van der Waals surface area (Å²) in [5.41, 5.74) is 7.04. The molecule has 2 aromatic carbocycles. The minimum Gasteiger partial charge on any atom is -0.437 e. The number of pyridine rings is 1. The number of nitrogen functional groups attached to an aromatic ring is 1. The molecule has 0 atom stereocenters. The number of ether oxygens (including phenoxy) is 1. The number of anilines is 3. The fraction of sp³-hybridized carbons (Fsp3) is 0. The van der Waals surface area contributed by atoms with Gasteiger partial charge < -0.3 is 15.8 Å². The molecule has 0 bridgehead atoms. The van der Waals surface area contributed by atoms with Crippen molar-refractivity contribution in [2.75, 3.05) is 11.1 Å². The zero-order valence-corrected chi connectivity index (χ0v) is 14.3. The topological polar surface area (TPSA) is 86.0 Å². The number of hydrogen-bond acceptors (Lipinski definition) is 6. The molecule has 0 aliphatic rings. The quantitative estimate of drug-likeness (QED) is 0.507. The first-order valence-electron chi connectivity index (χ1n) is 7.85. The van der Waals surface area contributed by atoms with Crippen LogP contribution in [0.3, 0.4) is 0 Å². The lowest BCUT2D eigenvalue weighted by molar-refractivity contribution is 0.465. The van der Waals surface area contributed by atoms with Gasteiger partial charge in [-0.15, -0.1) is 0 Å². The fourth-order valence-corrected chi connectivity index (χ4v) is 2.68. The van der Waals surface area contributed by atoms with E-state index in [4.69, 9.17) is 22.1 Å². The van der Waals surface area contributed by atoms with Gasteiger partial charge in [0, 0.05) is 6.20 Å². The molecular weight excluding hydrogens is 350 g/mol. The molecule has 26 heavy (non-hydrogen) atoms. The van der Waals surface area contributed by atoms with Gasteiger partial charge in [-0.25, -0.2) is 9.97 Å². The van der Waals surface area contributed by atoms with Gasteiger partial charge in [-0.3, -0.25) is 0 Å². The minimum absolute atomic E-state index is 0.262. The van der Waals surface area contributed by atoms with Crippen molar-refractivity contribution in [3.63, 3.8) is 0 Å². The maximum Gasteiger partial charge on any atom is 0.248 e. The minimum atomic E-state index is 0.262. The van der Waals surface area contributed by atoms with E-state index < -0.39 is 0 Å². The van der Waals surface area contributed by atoms with Crippen LogP contribution in [-0.2, 0) is 0 Å². The van der Waals surface area contributed by atoms with Gasteiger partial charge in [-0.2, -0.15) is 4.98 Å². The Morgan fingerprint density at radius 1 is 0.923 bits per heavy atom. The smallest absolute Gasteiger partial charge is 0.248 e. The molecule has 0 unspecified atom stereocenters. The molecule has 0 radical (unpaired) electrons. The molecule has 2 heterocycles. The summed E-state index contributed by atoms with van der Waals surface area (Å²) in [6.07, 6.45) is 2.98. The van der Waals surface area contributed by atoms with Crippen LogP contribution in [0.5, 0.6) is 11.6 Å². The zero-order valence-electron chi connectivity index (χ0n) is 13.6. The lowest BCUT2D eigenvalue weighted by Crippen LogP contribution is -2.03. The van der Waals surface area contributed by atoms with E-state index >= 15 is 0 Å². The summed E-state index contributed by atoms with van der Waals surface area (Å²) in [5.74, 6) is 1.29. The number of fused-ring (bicyclic) bond motifs is 1. The molecule has 3 N–H and O–H groups in total. The second kappa shape index (κ2) is 6.85. The predicted octanol–water partition coefficient (Wildman–Crippen LogP) is 4.80. The number of nitrogens with zero attached hydrogens (tertiary/aromatic N) is 3. The van der Waals surface area contributed by atoms with Crippen LogP contribution in [0.25, 0.3) is 10.8 Å². The summed E-state index contributed by atoms with van der Waals surface area (Å²) in [4.78, 5) is 12.3. The molecule has 4 aromatic rings. The number of nitrogens with two attached hydrogens (primary N) is 1. The van der Waals surface area contributed by atoms with E-state index in [9.17, 15) is 0 Å². The Balaban J connectivity index is 1.63. The van der Waals surface area contributed by atoms with Gasteiger partial charge >= 0.3 is 0 Å². The van der Waals surface area contributed by atoms with Gasteiger partial charge in [0.25, 0.3) is 0 Å². The first-order chi connectivity index (χ1) is 12.7. The number of rotatable bonds is 4. The number of hydrogen-bond donors (Lipinski definition) is 2. The summed E-state index contributed by atoms with van der Waals surface area (Å²) in [5, 5.41) is 5.56. The summed E-state index contributed by atoms with van der Waals surface area (Å²) in [6.45, 7) is 0. The highest BCUT2D eigenvalue weighted by atomic mass is 35.5. The molecule has 0 saturated heterocycles. The first kappa shape index (κ1) is 16.1. The highest BCUT2D eigenvalue weighted by Gasteiger charge is 2.12. The van der Waals surface area contributed by atoms with Gasteiger partial charge in [0.2, 0.25) is 5.88 Å². The Bertz CT molecular complexity index is 1090. The van der Waals surface area contributed by atoms with Gasteiger partial charge in [-0.1, -0.05) is 41.9 Å². The molecule has 7 heteroatoms. The van der Waals surface area contributed by atoms with Crippen molar-refractivity contribution in [2.45, 2.75) is 0 Å². The Labute approximate surface area is 154 Å². The standard InChI is InChI=1S/C19H14ClN5O/c20-17-15(6-3-9-22-17)25-18-16(21)19(24-11-23-18)26-14-8-7-12-4-1-2-5-13(12)10-14/h1-11H,21H2,(H,23,24,25). The Morgan fingerprint density at radius 3 is 2.62 bits per heavy atom. The molecule has 0 aliphatic carbocycles. The number of benzene rings is 2. The van der Waals surface area contributed by atoms with Gasteiger partial charge in [0.05, 0.1) is 5.69 Å². The molecular formula is C19H14ClN5O. The maximum atomic E-state index is 6.17. The predicted molar refractivity (Wildman–Crippen MR) is 103 cm³/mol. The van der Waals surface area contributed by atoms with Gasteiger partial charge in [-0.05, 0) is 35.0 Å². The summed E-state index contributed by atoms with van der Waals surface area (Å²) in [7, 11) is 0. The van der Waals surface area contributed by atoms with Gasteiger partial charge in [0.1, 0.15) is 17.8 Å². The van der Waals surface area contributed by atoms with E-state index in [0.29, 0.717) is 22.4 Å². The molecule has 0 aliphatic heterocycles. The summed E-state index contributed by atoms with van der Waals surface area (Å²) < 4.78 is 5.86. The average molecular weight is 364 g/mol. The summed E-state index contributed by atoms with van der Waals surface area (Å²) >= 11 is 6.06. The van der Waals surface area contributed by atoms with Crippen molar-refractivity contribution in [1.29, 1.82) is 0 Å². The molecule has 0 fully saturated rings.